The van der Waals surface area contributed by atoms with Crippen molar-refractivity contribution in [2.45, 2.75) is 86.1 Å². The molecule has 4 aromatic rings. The van der Waals surface area contributed by atoms with Crippen LogP contribution < -0.4 is 0 Å². The van der Waals surface area contributed by atoms with Crippen LogP contribution in [-0.2, 0) is 20.6 Å². The van der Waals surface area contributed by atoms with Gasteiger partial charge < -0.3 is 43.1 Å². The summed E-state index contributed by atoms with van der Waals surface area (Å²) in [6.07, 6.45) is 27.9. The molecule has 6 saturated heterocycles. The van der Waals surface area contributed by atoms with Crippen LogP contribution >= 0.6 is 0 Å². The minimum Gasteiger partial charge on any atom is -0.341 e. The number of piperidine rings is 1. The number of fused-ring (bicyclic) bond motifs is 3. The SMILES string of the molecule is C1CN2CCN1CC2.CCCCn1ccnc1.CCN(CC)CC.CN(C)C.CN1CCCC1.CN1CCCCC1.CN1CCN(C)CC1.Cc1nccn1C.Cn1ccnc1.c1ccncc1. The molecule has 6 aliphatic rings. The molecule has 15 heteroatoms. The zero-order valence-corrected chi connectivity index (χ0v) is 46.4. The Morgan fingerprint density at radius 1 is 0.471 bits per heavy atom. The molecule has 68 heavy (non-hydrogen) atoms. The van der Waals surface area contributed by atoms with Gasteiger partial charge in [-0.15, -0.1) is 0 Å². The summed E-state index contributed by atoms with van der Waals surface area (Å²) in [5.74, 6) is 1.06. The second kappa shape index (κ2) is 44.7. The summed E-state index contributed by atoms with van der Waals surface area (Å²) in [7, 11) is 18.6. The van der Waals surface area contributed by atoms with Gasteiger partial charge in [-0.1, -0.05) is 46.6 Å². The number of hydrogen-bond acceptors (Lipinski definition) is 12. The monoisotopic (exact) mass is 952 g/mol. The first-order chi connectivity index (χ1) is 32.7. The van der Waals surface area contributed by atoms with Gasteiger partial charge in [0.1, 0.15) is 5.82 Å². The molecule has 10 heterocycles. The van der Waals surface area contributed by atoms with Crippen molar-refractivity contribution in [2.24, 2.45) is 14.1 Å². The third-order valence-corrected chi connectivity index (χ3v) is 11.8. The van der Waals surface area contributed by atoms with Crippen molar-refractivity contribution < 1.29 is 0 Å². The molecule has 6 aliphatic heterocycles. The third kappa shape index (κ3) is 40.4. The van der Waals surface area contributed by atoms with Gasteiger partial charge in [0.05, 0.1) is 12.7 Å². The maximum atomic E-state index is 3.98. The van der Waals surface area contributed by atoms with Gasteiger partial charge in [-0.3, -0.25) is 14.8 Å². The maximum absolute atomic E-state index is 3.98. The Bertz CT molecular complexity index is 1430. The van der Waals surface area contributed by atoms with Gasteiger partial charge in [0, 0.05) is 136 Å². The fourth-order valence-corrected chi connectivity index (χ4v) is 6.86. The van der Waals surface area contributed by atoms with Crippen LogP contribution in [0.15, 0.2) is 80.4 Å². The quantitative estimate of drug-likeness (QED) is 0.205. The Morgan fingerprint density at radius 2 is 0.897 bits per heavy atom. The van der Waals surface area contributed by atoms with E-state index in [1.54, 1.807) is 31.1 Å². The standard InChI is InChI=1S/C7H12N2.C6H12N2.C6H14N2.C6H13N.C6H15N.C5H8N2.C5H11N.C5H5N.C4H6N2.C3H9N/c1-2-3-5-9-6-4-8-7-9;1-2-8-5-3-7(1)4-6-8;1-7-3-5-8(2)6-4-7;1-7-5-3-2-4-6-7;1-4-7(5-2)6-3;1-5-6-3-4-7(5)2;1-6-4-2-3-5-6;1-2-4-6-5-3-1;1-6-3-2-5-4-6;1-4(2)3/h4,6-7H,2-3,5H2,1H3;1-6H2;3-6H2,1-2H3;2-6H2,1H3;4-6H2,1-3H3;3-4H,1-2H3;2-5H2,1H3;1-5H;2-4H,1H3;1-3H3. The predicted octanol–water partition coefficient (Wildman–Crippen LogP) is 6.73. The Labute approximate surface area is 418 Å². The molecule has 392 valence electrons. The lowest BCUT2D eigenvalue weighted by Gasteiger charge is -2.41. The van der Waals surface area contributed by atoms with Gasteiger partial charge >= 0.3 is 0 Å². The number of likely N-dealkylation sites (tertiary alicyclic amines) is 2. The molecule has 4 aromatic heterocycles. The van der Waals surface area contributed by atoms with Crippen molar-refractivity contribution >= 4 is 0 Å². The summed E-state index contributed by atoms with van der Waals surface area (Å²) < 4.78 is 5.96. The number of likely N-dealkylation sites (N-methyl/N-ethyl adjacent to an activating group) is 2. The van der Waals surface area contributed by atoms with E-state index < -0.39 is 0 Å². The van der Waals surface area contributed by atoms with Crippen molar-refractivity contribution in [1.29, 1.82) is 0 Å². The number of piperazine rings is 4. The van der Waals surface area contributed by atoms with Crippen molar-refractivity contribution in [3.63, 3.8) is 0 Å². The van der Waals surface area contributed by atoms with Crippen LogP contribution in [0, 0.1) is 6.92 Å². The normalized spacial score (nSPS) is 18.6. The Hall–Kier alpha value is -3.54. The van der Waals surface area contributed by atoms with Gasteiger partial charge in [-0.2, -0.15) is 0 Å². The maximum Gasteiger partial charge on any atom is 0.105 e. The van der Waals surface area contributed by atoms with Crippen molar-refractivity contribution in [3.8, 4) is 0 Å². The average molecular weight is 953 g/mol. The minimum absolute atomic E-state index is 1.06. The fraction of sp³-hybridized carbons (Fsp3) is 0.736. The first-order valence-electron chi connectivity index (χ1n) is 25.9. The molecule has 2 bridgehead atoms. The summed E-state index contributed by atoms with van der Waals surface area (Å²) in [6, 6.07) is 5.72. The molecular weight excluding hydrogens is 847 g/mol. The number of pyridine rings is 1. The molecule has 0 N–H and O–H groups in total. The van der Waals surface area contributed by atoms with Crippen molar-refractivity contribution in [1.82, 2.24) is 72.8 Å². The van der Waals surface area contributed by atoms with E-state index >= 15 is 0 Å². The number of unbranched alkanes of at least 4 members (excludes halogenated alkanes) is 1. The number of nitrogens with zero attached hydrogens (tertiary/aromatic N) is 15. The molecule has 0 atom stereocenters. The lowest BCUT2D eigenvalue weighted by molar-refractivity contribution is 0.0647. The molecule has 0 amide bonds. The molecule has 0 aliphatic carbocycles. The molecule has 10 rings (SSSR count). The number of aromatic nitrogens is 7. The van der Waals surface area contributed by atoms with Gasteiger partial charge in [0.25, 0.3) is 0 Å². The molecule has 0 radical (unpaired) electrons. The fourth-order valence-electron chi connectivity index (χ4n) is 6.86. The summed E-state index contributed by atoms with van der Waals surface area (Å²) in [5.41, 5.74) is 0. The van der Waals surface area contributed by atoms with Crippen LogP contribution in [0.2, 0.25) is 0 Å². The molecule has 0 aromatic carbocycles. The third-order valence-electron chi connectivity index (χ3n) is 11.8. The van der Waals surface area contributed by atoms with Crippen LogP contribution in [0.4, 0.5) is 0 Å². The topological polar surface area (TPSA) is 92.3 Å². The smallest absolute Gasteiger partial charge is 0.105 e. The van der Waals surface area contributed by atoms with Crippen LogP contribution in [0.3, 0.4) is 0 Å². The van der Waals surface area contributed by atoms with Gasteiger partial charge in [-0.05, 0) is 146 Å². The highest BCUT2D eigenvalue weighted by Crippen LogP contribution is 2.07. The number of hydrogen-bond donors (Lipinski definition) is 0. The molecule has 0 unspecified atom stereocenters. The Kier molecular flexibility index (Phi) is 42.3. The zero-order chi connectivity index (χ0) is 50.6. The average Bonchev–Trinajstić information content (AvgIpc) is 4.23. The molecule has 15 nitrogen and oxygen atoms in total. The van der Waals surface area contributed by atoms with Gasteiger partial charge in [0.15, 0.2) is 0 Å². The van der Waals surface area contributed by atoms with E-state index in [4.69, 9.17) is 0 Å². The number of imidazole rings is 3. The van der Waals surface area contributed by atoms with Crippen molar-refractivity contribution in [2.75, 3.05) is 161 Å². The summed E-state index contributed by atoms with van der Waals surface area (Å²) >= 11 is 0. The molecule has 0 saturated carbocycles. The molecule has 0 spiro atoms. The summed E-state index contributed by atoms with van der Waals surface area (Å²) in [5, 5.41) is 0. The second-order valence-electron chi connectivity index (χ2n) is 18.6. The largest absolute Gasteiger partial charge is 0.341 e. The van der Waals surface area contributed by atoms with Crippen LogP contribution in [0.25, 0.3) is 0 Å². The zero-order valence-electron chi connectivity index (χ0n) is 46.4. The van der Waals surface area contributed by atoms with E-state index in [0.29, 0.717) is 0 Å². The lowest BCUT2D eigenvalue weighted by Crippen LogP contribution is -2.55. The summed E-state index contributed by atoms with van der Waals surface area (Å²) in [4.78, 5) is 34.4. The van der Waals surface area contributed by atoms with Crippen LogP contribution in [0.1, 0.15) is 78.5 Å². The first-order valence-corrected chi connectivity index (χ1v) is 25.9. The first kappa shape index (κ1) is 64.5. The van der Waals surface area contributed by atoms with E-state index in [1.807, 2.05) is 106 Å². The van der Waals surface area contributed by atoms with E-state index in [-0.39, 0.29) is 0 Å². The Morgan fingerprint density at radius 3 is 1.09 bits per heavy atom. The van der Waals surface area contributed by atoms with Crippen LogP contribution in [-0.4, -0.2) is 233 Å². The molecular formula is C53H105N15. The minimum atomic E-state index is 1.06. The number of aryl methyl sites for hydroxylation is 4. The number of rotatable bonds is 6. The van der Waals surface area contributed by atoms with E-state index in [9.17, 15) is 0 Å². The van der Waals surface area contributed by atoms with E-state index in [0.717, 1.165) is 12.4 Å². The highest BCUT2D eigenvalue weighted by Gasteiger charge is 2.21. The summed E-state index contributed by atoms with van der Waals surface area (Å²) in [6.45, 7) is 33.5. The van der Waals surface area contributed by atoms with Gasteiger partial charge in [-0.25, -0.2) is 15.0 Å². The highest BCUT2D eigenvalue weighted by atomic mass is 15.3. The second-order valence-corrected chi connectivity index (χ2v) is 18.6. The predicted molar refractivity (Wildman–Crippen MR) is 292 cm³/mol. The highest BCUT2D eigenvalue weighted by molar-refractivity contribution is 4.88. The van der Waals surface area contributed by atoms with Gasteiger partial charge in [0.2, 0.25) is 0 Å². The van der Waals surface area contributed by atoms with Crippen molar-refractivity contribution in [3.05, 3.63) is 86.3 Å². The van der Waals surface area contributed by atoms with Crippen LogP contribution in [0.5, 0.6) is 0 Å². The molecule has 6 fully saturated rings. The Balaban J connectivity index is 0.000000738. The van der Waals surface area contributed by atoms with E-state index in [2.05, 4.69) is 115 Å². The van der Waals surface area contributed by atoms with E-state index in [1.165, 1.54) is 156 Å². The lowest BCUT2D eigenvalue weighted by atomic mass is 10.1.